The normalized spacial score (nSPS) is 14.3. The minimum atomic E-state index is -0.704. The molecule has 0 bridgehead atoms. The standard InChI is InChI=1S/C37H33N3O8S/c1-4-48-37(45)24-16-18-27(19-17-24)40-32(41)22-31(36(40)44)49-28-14-9-13-26(21-28)38-35(43)29(39-34(42)23-10-6-5-7-11-23)20-25-12-8-15-30(46-2)33(25)47-3/h5-21,31H,4,22H2,1-3H3,(H,38,43)(H,39,42)/b29-20+/t31-/m1/s1. The topological polar surface area (TPSA) is 140 Å². The van der Waals surface area contributed by atoms with Gasteiger partial charge in [-0.05, 0) is 73.7 Å². The van der Waals surface area contributed by atoms with E-state index in [4.69, 9.17) is 14.2 Å². The van der Waals surface area contributed by atoms with Gasteiger partial charge in [0, 0.05) is 28.1 Å². The van der Waals surface area contributed by atoms with Gasteiger partial charge in [-0.25, -0.2) is 9.69 Å². The molecule has 250 valence electrons. The van der Waals surface area contributed by atoms with Gasteiger partial charge in [0.15, 0.2) is 11.5 Å². The van der Waals surface area contributed by atoms with Gasteiger partial charge in [0.05, 0.1) is 37.3 Å². The second-order valence-electron chi connectivity index (χ2n) is 10.6. The monoisotopic (exact) mass is 679 g/mol. The molecule has 4 amide bonds. The van der Waals surface area contributed by atoms with E-state index in [1.807, 2.05) is 0 Å². The van der Waals surface area contributed by atoms with Crippen LogP contribution in [0.4, 0.5) is 11.4 Å². The Labute approximate surface area is 287 Å². The highest BCUT2D eigenvalue weighted by Crippen LogP contribution is 2.35. The van der Waals surface area contributed by atoms with Crippen molar-refractivity contribution in [2.75, 3.05) is 31.0 Å². The molecule has 4 aromatic carbocycles. The van der Waals surface area contributed by atoms with Crippen LogP contribution in [0.5, 0.6) is 11.5 Å². The molecule has 1 aliphatic rings. The number of thioether (sulfide) groups is 1. The molecule has 0 aliphatic carbocycles. The minimum Gasteiger partial charge on any atom is -0.493 e. The number of benzene rings is 4. The molecule has 49 heavy (non-hydrogen) atoms. The maximum Gasteiger partial charge on any atom is 0.338 e. The molecule has 4 aromatic rings. The minimum absolute atomic E-state index is 0.0273. The molecule has 1 heterocycles. The number of nitrogens with zero attached hydrogens (tertiary/aromatic N) is 1. The highest BCUT2D eigenvalue weighted by molar-refractivity contribution is 8.00. The van der Waals surface area contributed by atoms with Crippen LogP contribution in [-0.2, 0) is 19.1 Å². The Morgan fingerprint density at radius 3 is 2.31 bits per heavy atom. The lowest BCUT2D eigenvalue weighted by Crippen LogP contribution is -2.31. The van der Waals surface area contributed by atoms with Crippen LogP contribution in [0.25, 0.3) is 6.08 Å². The molecule has 11 nitrogen and oxygen atoms in total. The van der Waals surface area contributed by atoms with E-state index < -0.39 is 28.9 Å². The number of esters is 1. The average molecular weight is 680 g/mol. The number of hydrogen-bond donors (Lipinski definition) is 2. The second-order valence-corrected chi connectivity index (χ2v) is 11.9. The molecule has 12 heteroatoms. The number of ether oxygens (including phenoxy) is 3. The van der Waals surface area contributed by atoms with Crippen LogP contribution in [-0.4, -0.2) is 55.7 Å². The van der Waals surface area contributed by atoms with Crippen LogP contribution in [0.1, 0.15) is 39.6 Å². The zero-order chi connectivity index (χ0) is 34.9. The van der Waals surface area contributed by atoms with Gasteiger partial charge in [0.2, 0.25) is 11.8 Å². The number of anilines is 2. The van der Waals surface area contributed by atoms with Crippen molar-refractivity contribution in [3.8, 4) is 11.5 Å². The number of methoxy groups -OCH3 is 2. The first-order chi connectivity index (χ1) is 23.7. The Balaban J connectivity index is 1.34. The van der Waals surface area contributed by atoms with Crippen LogP contribution >= 0.6 is 11.8 Å². The molecule has 1 saturated heterocycles. The van der Waals surface area contributed by atoms with Gasteiger partial charge in [0.25, 0.3) is 11.8 Å². The number of imide groups is 1. The predicted octanol–water partition coefficient (Wildman–Crippen LogP) is 5.71. The predicted molar refractivity (Wildman–Crippen MR) is 186 cm³/mol. The largest absolute Gasteiger partial charge is 0.493 e. The van der Waals surface area contributed by atoms with E-state index in [-0.39, 0.29) is 24.6 Å². The van der Waals surface area contributed by atoms with Crippen LogP contribution in [0.2, 0.25) is 0 Å². The van der Waals surface area contributed by atoms with Gasteiger partial charge in [-0.3, -0.25) is 19.2 Å². The third-order valence-electron chi connectivity index (χ3n) is 7.37. The number of carbonyl (C=O) groups is 5. The summed E-state index contributed by atoms with van der Waals surface area (Å²) in [5, 5.41) is 4.82. The number of hydrogen-bond acceptors (Lipinski definition) is 9. The highest BCUT2D eigenvalue weighted by Gasteiger charge is 2.40. The van der Waals surface area contributed by atoms with Gasteiger partial charge < -0.3 is 24.8 Å². The van der Waals surface area contributed by atoms with Crippen molar-refractivity contribution >= 4 is 58.8 Å². The SMILES string of the molecule is CCOC(=O)c1ccc(N2C(=O)C[C@@H](Sc3cccc(NC(=O)/C(=C\c4cccc(OC)c4OC)NC(=O)c4ccccc4)c3)C2=O)cc1. The Hall–Kier alpha value is -5.88. The van der Waals surface area contributed by atoms with Gasteiger partial charge in [-0.2, -0.15) is 0 Å². The fraction of sp³-hybridized carbons (Fsp3) is 0.162. The van der Waals surface area contributed by atoms with Crippen molar-refractivity contribution in [1.29, 1.82) is 0 Å². The van der Waals surface area contributed by atoms with Gasteiger partial charge >= 0.3 is 5.97 Å². The smallest absolute Gasteiger partial charge is 0.338 e. The first-order valence-corrected chi connectivity index (χ1v) is 16.1. The molecular weight excluding hydrogens is 646 g/mol. The lowest BCUT2D eigenvalue weighted by atomic mass is 10.1. The van der Waals surface area contributed by atoms with E-state index in [0.29, 0.717) is 44.5 Å². The maximum atomic E-state index is 13.7. The fourth-order valence-electron chi connectivity index (χ4n) is 5.06. The molecule has 5 rings (SSSR count). The van der Waals surface area contributed by atoms with E-state index >= 15 is 0 Å². The summed E-state index contributed by atoms with van der Waals surface area (Å²) in [7, 11) is 2.97. The Morgan fingerprint density at radius 1 is 0.878 bits per heavy atom. The number of carbonyl (C=O) groups excluding carboxylic acids is 5. The van der Waals surface area contributed by atoms with E-state index in [1.165, 1.54) is 56.3 Å². The molecule has 0 unspecified atom stereocenters. The summed E-state index contributed by atoms with van der Waals surface area (Å²) >= 11 is 1.19. The molecule has 0 radical (unpaired) electrons. The first-order valence-electron chi connectivity index (χ1n) is 15.2. The molecular formula is C37H33N3O8S. The quantitative estimate of drug-likeness (QED) is 0.109. The van der Waals surface area contributed by atoms with E-state index in [9.17, 15) is 24.0 Å². The molecule has 0 aromatic heterocycles. The van der Waals surface area contributed by atoms with Crippen molar-refractivity contribution in [3.05, 3.63) is 119 Å². The van der Waals surface area contributed by atoms with Gasteiger partial charge in [-0.1, -0.05) is 36.4 Å². The zero-order valence-electron chi connectivity index (χ0n) is 26.9. The maximum absolute atomic E-state index is 13.7. The lowest BCUT2D eigenvalue weighted by molar-refractivity contribution is -0.121. The summed E-state index contributed by atoms with van der Waals surface area (Å²) in [5.41, 5.74) is 1.87. The van der Waals surface area contributed by atoms with Crippen LogP contribution in [0.3, 0.4) is 0 Å². The lowest BCUT2D eigenvalue weighted by Gasteiger charge is -2.16. The molecule has 0 saturated carbocycles. The molecule has 1 fully saturated rings. The highest BCUT2D eigenvalue weighted by atomic mass is 32.2. The summed E-state index contributed by atoms with van der Waals surface area (Å²) in [6.07, 6.45) is 1.47. The van der Waals surface area contributed by atoms with E-state index in [1.54, 1.807) is 79.7 Å². The fourth-order valence-corrected chi connectivity index (χ4v) is 6.17. The second kappa shape index (κ2) is 15.8. The third-order valence-corrected chi connectivity index (χ3v) is 8.55. The Kier molecular flexibility index (Phi) is 11.1. The number of amides is 4. The van der Waals surface area contributed by atoms with Crippen LogP contribution in [0.15, 0.2) is 108 Å². The van der Waals surface area contributed by atoms with Crippen molar-refractivity contribution in [3.63, 3.8) is 0 Å². The van der Waals surface area contributed by atoms with Crippen LogP contribution in [0, 0.1) is 0 Å². The Bertz CT molecular complexity index is 1910. The molecule has 1 aliphatic heterocycles. The van der Waals surface area contributed by atoms with E-state index in [0.717, 1.165) is 4.90 Å². The van der Waals surface area contributed by atoms with E-state index in [2.05, 4.69) is 10.6 Å². The summed E-state index contributed by atoms with van der Waals surface area (Å²) in [4.78, 5) is 66.8. The number of nitrogens with one attached hydrogen (secondary N) is 2. The van der Waals surface area contributed by atoms with Gasteiger partial charge in [-0.15, -0.1) is 11.8 Å². The van der Waals surface area contributed by atoms with Crippen molar-refractivity contribution in [2.24, 2.45) is 0 Å². The van der Waals surface area contributed by atoms with Crippen LogP contribution < -0.4 is 25.0 Å². The van der Waals surface area contributed by atoms with Crippen molar-refractivity contribution in [2.45, 2.75) is 23.5 Å². The summed E-state index contributed by atoms with van der Waals surface area (Å²) in [6, 6.07) is 26.6. The zero-order valence-corrected chi connectivity index (χ0v) is 27.7. The summed E-state index contributed by atoms with van der Waals surface area (Å²) in [6.45, 7) is 1.94. The number of rotatable bonds is 12. The summed E-state index contributed by atoms with van der Waals surface area (Å²) in [5.74, 6) is -1.53. The third kappa shape index (κ3) is 8.17. The summed E-state index contributed by atoms with van der Waals surface area (Å²) < 4.78 is 15.9. The first kappa shape index (κ1) is 34.5. The Morgan fingerprint density at radius 2 is 1.61 bits per heavy atom. The molecule has 1 atom stereocenters. The van der Waals surface area contributed by atoms with Crippen molar-refractivity contribution in [1.82, 2.24) is 5.32 Å². The molecule has 2 N–H and O–H groups in total. The average Bonchev–Trinajstić information content (AvgIpc) is 3.39. The van der Waals surface area contributed by atoms with Crippen molar-refractivity contribution < 1.29 is 38.2 Å². The number of para-hydroxylation sites is 1. The molecule has 0 spiro atoms. The van der Waals surface area contributed by atoms with Gasteiger partial charge in [0.1, 0.15) is 5.70 Å².